The summed E-state index contributed by atoms with van der Waals surface area (Å²) >= 11 is 0. The number of benzene rings is 2. The number of methoxy groups -OCH3 is 1. The Morgan fingerprint density at radius 3 is 2.58 bits per heavy atom. The summed E-state index contributed by atoms with van der Waals surface area (Å²) in [7, 11) is 1.73. The van der Waals surface area contributed by atoms with Crippen molar-refractivity contribution in [3.8, 4) is 5.75 Å². The third kappa shape index (κ3) is 2.13. The average Bonchev–Trinajstić information content (AvgIpc) is 2.48. The van der Waals surface area contributed by atoms with Gasteiger partial charge in [-0.05, 0) is 35.6 Å². The SMILES string of the molecule is COc1cccc2c1CC[C@H](c1ccccc1)C2N. The lowest BCUT2D eigenvalue weighted by atomic mass is 9.76. The van der Waals surface area contributed by atoms with Gasteiger partial charge in [0.2, 0.25) is 0 Å². The molecule has 98 valence electrons. The van der Waals surface area contributed by atoms with E-state index in [0.29, 0.717) is 5.92 Å². The van der Waals surface area contributed by atoms with Crippen molar-refractivity contribution in [2.45, 2.75) is 24.8 Å². The molecular formula is C17H19NO. The van der Waals surface area contributed by atoms with Gasteiger partial charge in [-0.1, -0.05) is 42.5 Å². The van der Waals surface area contributed by atoms with E-state index in [1.165, 1.54) is 16.7 Å². The first-order valence-corrected chi connectivity index (χ1v) is 6.77. The van der Waals surface area contributed by atoms with Crippen LogP contribution in [0.25, 0.3) is 0 Å². The van der Waals surface area contributed by atoms with Gasteiger partial charge >= 0.3 is 0 Å². The first-order chi connectivity index (χ1) is 9.31. The lowest BCUT2D eigenvalue weighted by Gasteiger charge is -2.32. The van der Waals surface area contributed by atoms with E-state index < -0.39 is 0 Å². The van der Waals surface area contributed by atoms with Crippen LogP contribution in [0, 0.1) is 0 Å². The third-order valence-electron chi connectivity index (χ3n) is 4.11. The van der Waals surface area contributed by atoms with Crippen LogP contribution in [0.2, 0.25) is 0 Å². The molecule has 1 aliphatic rings. The number of hydrogen-bond donors (Lipinski definition) is 1. The Hall–Kier alpha value is -1.80. The molecule has 0 aromatic heterocycles. The van der Waals surface area contributed by atoms with Crippen molar-refractivity contribution in [3.63, 3.8) is 0 Å². The Labute approximate surface area is 114 Å². The van der Waals surface area contributed by atoms with Gasteiger partial charge in [0.1, 0.15) is 5.75 Å². The highest BCUT2D eigenvalue weighted by Crippen LogP contribution is 2.42. The van der Waals surface area contributed by atoms with Gasteiger partial charge in [0.05, 0.1) is 7.11 Å². The summed E-state index contributed by atoms with van der Waals surface area (Å²) in [5.41, 5.74) is 10.3. The summed E-state index contributed by atoms with van der Waals surface area (Å²) < 4.78 is 5.45. The molecule has 2 atom stereocenters. The van der Waals surface area contributed by atoms with E-state index in [1.54, 1.807) is 7.11 Å². The Kier molecular flexibility index (Phi) is 3.26. The largest absolute Gasteiger partial charge is 0.496 e. The maximum atomic E-state index is 6.49. The molecule has 19 heavy (non-hydrogen) atoms. The first-order valence-electron chi connectivity index (χ1n) is 6.77. The molecule has 0 fully saturated rings. The molecule has 2 aromatic rings. The van der Waals surface area contributed by atoms with Gasteiger partial charge in [-0.25, -0.2) is 0 Å². The maximum Gasteiger partial charge on any atom is 0.122 e. The number of ether oxygens (including phenoxy) is 1. The fourth-order valence-corrected chi connectivity index (χ4v) is 3.12. The fraction of sp³-hybridized carbons (Fsp3) is 0.294. The molecule has 2 N–H and O–H groups in total. The number of rotatable bonds is 2. The van der Waals surface area contributed by atoms with Gasteiger partial charge in [0, 0.05) is 12.0 Å². The molecule has 0 saturated carbocycles. The van der Waals surface area contributed by atoms with Crippen LogP contribution >= 0.6 is 0 Å². The van der Waals surface area contributed by atoms with Gasteiger partial charge in [-0.3, -0.25) is 0 Å². The third-order valence-corrected chi connectivity index (χ3v) is 4.11. The second-order valence-corrected chi connectivity index (χ2v) is 5.11. The van der Waals surface area contributed by atoms with Crippen LogP contribution in [0.1, 0.15) is 35.1 Å². The summed E-state index contributed by atoms with van der Waals surface area (Å²) in [6, 6.07) is 16.8. The Morgan fingerprint density at radius 2 is 1.84 bits per heavy atom. The first kappa shape index (κ1) is 12.2. The molecule has 0 radical (unpaired) electrons. The lowest BCUT2D eigenvalue weighted by molar-refractivity contribution is 0.397. The van der Waals surface area contributed by atoms with Crippen molar-refractivity contribution in [1.29, 1.82) is 0 Å². The smallest absolute Gasteiger partial charge is 0.122 e. The standard InChI is InChI=1S/C17H19NO/c1-19-16-9-5-8-15-14(16)11-10-13(17(15)18)12-6-3-2-4-7-12/h2-9,13,17H,10-11,18H2,1H3/t13-,17?/m1/s1. The molecule has 1 aliphatic carbocycles. The molecule has 0 amide bonds. The molecule has 1 unspecified atom stereocenters. The highest BCUT2D eigenvalue weighted by Gasteiger charge is 2.29. The van der Waals surface area contributed by atoms with E-state index in [1.807, 2.05) is 12.1 Å². The molecule has 2 heteroatoms. The minimum Gasteiger partial charge on any atom is -0.496 e. The summed E-state index contributed by atoms with van der Waals surface area (Å²) in [6.45, 7) is 0. The lowest BCUT2D eigenvalue weighted by Crippen LogP contribution is -2.26. The minimum atomic E-state index is 0.0567. The zero-order valence-electron chi connectivity index (χ0n) is 11.2. The molecule has 0 aliphatic heterocycles. The van der Waals surface area contributed by atoms with E-state index in [4.69, 9.17) is 10.5 Å². The quantitative estimate of drug-likeness (QED) is 0.890. The molecule has 3 rings (SSSR count). The van der Waals surface area contributed by atoms with E-state index >= 15 is 0 Å². The van der Waals surface area contributed by atoms with Crippen molar-refractivity contribution in [2.24, 2.45) is 5.73 Å². The van der Waals surface area contributed by atoms with Crippen LogP contribution in [0.3, 0.4) is 0 Å². The van der Waals surface area contributed by atoms with Crippen molar-refractivity contribution in [3.05, 3.63) is 65.2 Å². The molecule has 0 spiro atoms. The second-order valence-electron chi connectivity index (χ2n) is 5.11. The summed E-state index contributed by atoms with van der Waals surface area (Å²) in [5.74, 6) is 1.38. The van der Waals surface area contributed by atoms with Crippen molar-refractivity contribution < 1.29 is 4.74 Å². The number of nitrogens with two attached hydrogens (primary N) is 1. The van der Waals surface area contributed by atoms with E-state index in [0.717, 1.165) is 18.6 Å². The molecule has 2 nitrogen and oxygen atoms in total. The van der Waals surface area contributed by atoms with E-state index in [9.17, 15) is 0 Å². The zero-order chi connectivity index (χ0) is 13.2. The topological polar surface area (TPSA) is 35.2 Å². The fourth-order valence-electron chi connectivity index (χ4n) is 3.12. The van der Waals surface area contributed by atoms with Gasteiger partial charge < -0.3 is 10.5 Å². The Balaban J connectivity index is 1.99. The van der Waals surface area contributed by atoms with Crippen LogP contribution < -0.4 is 10.5 Å². The predicted octanol–water partition coefficient (Wildman–Crippen LogP) is 3.43. The van der Waals surface area contributed by atoms with Gasteiger partial charge in [0.25, 0.3) is 0 Å². The maximum absolute atomic E-state index is 6.49. The number of fused-ring (bicyclic) bond motifs is 1. The molecule has 0 heterocycles. The Bertz CT molecular complexity index is 565. The summed E-state index contributed by atoms with van der Waals surface area (Å²) in [6.07, 6.45) is 2.12. The second kappa shape index (κ2) is 5.06. The van der Waals surface area contributed by atoms with Gasteiger partial charge in [0.15, 0.2) is 0 Å². The van der Waals surface area contributed by atoms with E-state index in [2.05, 4.69) is 36.4 Å². The van der Waals surface area contributed by atoms with Crippen molar-refractivity contribution >= 4 is 0 Å². The number of hydrogen-bond acceptors (Lipinski definition) is 2. The van der Waals surface area contributed by atoms with Crippen LogP contribution in [0.5, 0.6) is 5.75 Å². The molecule has 0 saturated heterocycles. The van der Waals surface area contributed by atoms with Gasteiger partial charge in [-0.15, -0.1) is 0 Å². The normalized spacial score (nSPS) is 21.8. The monoisotopic (exact) mass is 253 g/mol. The molecule has 2 aromatic carbocycles. The summed E-state index contributed by atoms with van der Waals surface area (Å²) in [4.78, 5) is 0. The Morgan fingerprint density at radius 1 is 1.05 bits per heavy atom. The van der Waals surface area contributed by atoms with Crippen LogP contribution in [0.4, 0.5) is 0 Å². The zero-order valence-corrected chi connectivity index (χ0v) is 11.2. The minimum absolute atomic E-state index is 0.0567. The van der Waals surface area contributed by atoms with Crippen molar-refractivity contribution in [1.82, 2.24) is 0 Å². The molecule has 0 bridgehead atoms. The van der Waals surface area contributed by atoms with Gasteiger partial charge in [-0.2, -0.15) is 0 Å². The van der Waals surface area contributed by atoms with Crippen LogP contribution in [0.15, 0.2) is 48.5 Å². The van der Waals surface area contributed by atoms with Crippen LogP contribution in [-0.2, 0) is 6.42 Å². The van der Waals surface area contributed by atoms with E-state index in [-0.39, 0.29) is 6.04 Å². The van der Waals surface area contributed by atoms with Crippen LogP contribution in [-0.4, -0.2) is 7.11 Å². The highest BCUT2D eigenvalue weighted by atomic mass is 16.5. The molecular weight excluding hydrogens is 234 g/mol. The predicted molar refractivity (Wildman–Crippen MR) is 77.4 cm³/mol. The summed E-state index contributed by atoms with van der Waals surface area (Å²) in [5, 5.41) is 0. The average molecular weight is 253 g/mol. The van der Waals surface area contributed by atoms with Crippen molar-refractivity contribution in [2.75, 3.05) is 7.11 Å². The highest BCUT2D eigenvalue weighted by molar-refractivity contribution is 5.45.